The van der Waals surface area contributed by atoms with Crippen LogP contribution in [-0.2, 0) is 13.2 Å². The van der Waals surface area contributed by atoms with Gasteiger partial charge in [-0.15, -0.1) is 0 Å². The summed E-state index contributed by atoms with van der Waals surface area (Å²) in [5, 5.41) is 0. The third-order valence-electron chi connectivity index (χ3n) is 5.28. The number of furan rings is 1. The van der Waals surface area contributed by atoms with Gasteiger partial charge in [0, 0.05) is 6.07 Å². The molecule has 3 heterocycles. The zero-order valence-electron chi connectivity index (χ0n) is 16.9. The number of ether oxygens (including phenoxy) is 1. The predicted octanol–water partition coefficient (Wildman–Crippen LogP) is 1.66. The van der Waals surface area contributed by atoms with Crippen molar-refractivity contribution in [3.63, 3.8) is 0 Å². The molecule has 7 heteroatoms. The average molecular weight is 409 g/mol. The highest BCUT2D eigenvalue weighted by atomic mass is 16.5. The molecule has 1 aromatic carbocycles. The fraction of sp³-hybridized carbons (Fsp3) is 0.304. The maximum absolute atomic E-state index is 12.4. The fourth-order valence-electron chi connectivity index (χ4n) is 3.49. The van der Waals surface area contributed by atoms with Crippen molar-refractivity contribution < 1.29 is 23.3 Å². The summed E-state index contributed by atoms with van der Waals surface area (Å²) in [5.74, 6) is 1.11. The van der Waals surface area contributed by atoms with Crippen molar-refractivity contribution in [1.29, 1.82) is 0 Å². The van der Waals surface area contributed by atoms with Gasteiger partial charge in [0.2, 0.25) is 11.2 Å². The highest BCUT2D eigenvalue weighted by molar-refractivity contribution is 5.91. The number of piperazine rings is 1. The second-order valence-electron chi connectivity index (χ2n) is 7.55. The minimum Gasteiger partial charge on any atom is -0.482 e. The molecule has 0 unspecified atom stereocenters. The minimum absolute atomic E-state index is 0.0827. The fourth-order valence-corrected chi connectivity index (χ4v) is 3.49. The summed E-state index contributed by atoms with van der Waals surface area (Å²) in [6.07, 6.45) is 2.90. The van der Waals surface area contributed by atoms with Gasteiger partial charge in [-0.3, -0.25) is 9.59 Å². The molecule has 0 atom stereocenters. The molecule has 1 aliphatic heterocycles. The summed E-state index contributed by atoms with van der Waals surface area (Å²) in [6.45, 7) is 5.77. The number of benzene rings is 1. The van der Waals surface area contributed by atoms with Crippen LogP contribution in [0, 0.1) is 6.92 Å². The molecule has 0 radical (unpaired) electrons. The molecule has 1 fully saturated rings. The zero-order chi connectivity index (χ0) is 20.9. The molecule has 156 valence electrons. The molecule has 30 heavy (non-hydrogen) atoms. The van der Waals surface area contributed by atoms with Crippen LogP contribution >= 0.6 is 0 Å². The molecule has 3 aromatic rings. The second-order valence-corrected chi connectivity index (χ2v) is 7.55. The Balaban J connectivity index is 1.29. The van der Waals surface area contributed by atoms with E-state index in [1.165, 1.54) is 29.1 Å². The third kappa shape index (κ3) is 4.80. The summed E-state index contributed by atoms with van der Waals surface area (Å²) in [6, 6.07) is 12.9. The molecule has 2 aromatic heterocycles. The molecule has 7 nitrogen and oxygen atoms in total. The first-order valence-corrected chi connectivity index (χ1v) is 10.0. The lowest BCUT2D eigenvalue weighted by atomic mass is 10.2. The van der Waals surface area contributed by atoms with Crippen molar-refractivity contribution in [1.82, 2.24) is 4.90 Å². The van der Waals surface area contributed by atoms with Crippen molar-refractivity contribution >= 4 is 5.91 Å². The Morgan fingerprint density at radius 1 is 1.13 bits per heavy atom. The van der Waals surface area contributed by atoms with Gasteiger partial charge in [-0.25, -0.2) is 0 Å². The van der Waals surface area contributed by atoms with Crippen LogP contribution in [0.5, 0.6) is 5.75 Å². The Bertz CT molecular complexity index is 1030. The van der Waals surface area contributed by atoms with Gasteiger partial charge in [0.05, 0.1) is 32.4 Å². The predicted molar refractivity (Wildman–Crippen MR) is 110 cm³/mol. The summed E-state index contributed by atoms with van der Waals surface area (Å²) >= 11 is 0. The number of carbonyl (C=O) groups excluding carboxylic acids is 1. The molecule has 1 N–H and O–H groups in total. The van der Waals surface area contributed by atoms with Crippen LogP contribution in [0.1, 0.15) is 27.4 Å². The van der Waals surface area contributed by atoms with Crippen molar-refractivity contribution in [3.8, 4) is 5.75 Å². The van der Waals surface area contributed by atoms with E-state index in [1.807, 2.05) is 31.2 Å². The van der Waals surface area contributed by atoms with Crippen molar-refractivity contribution in [3.05, 3.63) is 87.9 Å². The summed E-state index contributed by atoms with van der Waals surface area (Å²) < 4.78 is 16.4. The molecule has 1 amide bonds. The van der Waals surface area contributed by atoms with Crippen LogP contribution in [0.15, 0.2) is 68.6 Å². The van der Waals surface area contributed by atoms with Gasteiger partial charge in [-0.1, -0.05) is 29.8 Å². The van der Waals surface area contributed by atoms with Crippen LogP contribution in [0.25, 0.3) is 0 Å². The smallest absolute Gasteiger partial charge is 0.289 e. The van der Waals surface area contributed by atoms with E-state index in [-0.39, 0.29) is 17.1 Å². The van der Waals surface area contributed by atoms with E-state index in [4.69, 9.17) is 13.6 Å². The van der Waals surface area contributed by atoms with E-state index in [1.54, 1.807) is 17.0 Å². The van der Waals surface area contributed by atoms with Gasteiger partial charge in [-0.2, -0.15) is 0 Å². The Labute approximate surface area is 174 Å². The quantitative estimate of drug-likeness (QED) is 0.670. The monoisotopic (exact) mass is 409 g/mol. The van der Waals surface area contributed by atoms with Gasteiger partial charge in [0.25, 0.3) is 5.91 Å². The highest BCUT2D eigenvalue weighted by Gasteiger charge is 2.26. The lowest BCUT2D eigenvalue weighted by molar-refractivity contribution is -0.918. The van der Waals surface area contributed by atoms with Gasteiger partial charge in [0.1, 0.15) is 19.4 Å². The number of nitrogens with zero attached hydrogens (tertiary/aromatic N) is 1. The van der Waals surface area contributed by atoms with E-state index in [2.05, 4.69) is 0 Å². The third-order valence-corrected chi connectivity index (χ3v) is 5.28. The summed E-state index contributed by atoms with van der Waals surface area (Å²) in [4.78, 5) is 27.8. The number of rotatable bonds is 6. The molecule has 0 spiro atoms. The number of amides is 1. The number of carbonyl (C=O) groups is 1. The molecule has 1 saturated heterocycles. The van der Waals surface area contributed by atoms with Crippen LogP contribution in [0.2, 0.25) is 0 Å². The van der Waals surface area contributed by atoms with Crippen LogP contribution in [-0.4, -0.2) is 37.0 Å². The van der Waals surface area contributed by atoms with Crippen molar-refractivity contribution in [2.75, 3.05) is 26.2 Å². The Kier molecular flexibility index (Phi) is 5.99. The number of aryl methyl sites for hydroxylation is 1. The number of hydrogen-bond donors (Lipinski definition) is 1. The highest BCUT2D eigenvalue weighted by Crippen LogP contribution is 2.10. The first kappa shape index (κ1) is 20.0. The Hall–Kier alpha value is -3.32. The van der Waals surface area contributed by atoms with Gasteiger partial charge in [-0.05, 0) is 24.6 Å². The van der Waals surface area contributed by atoms with E-state index >= 15 is 0 Å². The van der Waals surface area contributed by atoms with Crippen molar-refractivity contribution in [2.45, 2.75) is 20.1 Å². The molecule has 1 aliphatic rings. The summed E-state index contributed by atoms with van der Waals surface area (Å²) in [7, 11) is 0. The largest absolute Gasteiger partial charge is 0.482 e. The molecular weight excluding hydrogens is 384 g/mol. The average Bonchev–Trinajstić information content (AvgIpc) is 3.29. The molecule has 4 rings (SSSR count). The molecule has 0 bridgehead atoms. The molecule has 0 saturated carbocycles. The lowest BCUT2D eigenvalue weighted by Gasteiger charge is -2.31. The maximum Gasteiger partial charge on any atom is 0.289 e. The maximum atomic E-state index is 12.4. The topological polar surface area (TPSA) is 77.3 Å². The SMILES string of the molecule is Cc1ccc(COc2coc(C[NH+]3CCN(C(=O)c4ccco4)CC3)cc2=O)cc1. The number of hydrogen-bond acceptors (Lipinski definition) is 5. The molecule has 0 aliphatic carbocycles. The minimum atomic E-state index is -0.186. The first-order valence-electron chi connectivity index (χ1n) is 10.0. The van der Waals surface area contributed by atoms with E-state index in [0.29, 0.717) is 37.8 Å². The van der Waals surface area contributed by atoms with Crippen molar-refractivity contribution in [2.24, 2.45) is 0 Å². The summed E-state index contributed by atoms with van der Waals surface area (Å²) in [5.41, 5.74) is 1.99. The van der Waals surface area contributed by atoms with E-state index in [0.717, 1.165) is 18.7 Å². The Morgan fingerprint density at radius 3 is 2.57 bits per heavy atom. The lowest BCUT2D eigenvalue weighted by Crippen LogP contribution is -3.13. The van der Waals surface area contributed by atoms with E-state index < -0.39 is 0 Å². The van der Waals surface area contributed by atoms with Gasteiger partial charge >= 0.3 is 0 Å². The first-order chi connectivity index (χ1) is 14.6. The van der Waals surface area contributed by atoms with Crippen LogP contribution in [0.3, 0.4) is 0 Å². The molecular formula is C23H25N2O5+. The Morgan fingerprint density at radius 2 is 1.90 bits per heavy atom. The normalized spacial score (nSPS) is 14.6. The van der Waals surface area contributed by atoms with E-state index in [9.17, 15) is 9.59 Å². The number of quaternary nitrogens is 1. The second kappa shape index (κ2) is 9.00. The number of nitrogens with one attached hydrogen (secondary N) is 1. The standard InChI is InChI=1S/C23H24N2O5/c1-17-4-6-18(7-5-17)15-30-22-16-29-19(13-20(22)26)14-24-8-10-25(11-9-24)23(27)21-3-2-12-28-21/h2-7,12-13,16H,8-11,14-15H2,1H3/p+1. The van der Waals surface area contributed by atoms with Crippen LogP contribution < -0.4 is 15.1 Å². The van der Waals surface area contributed by atoms with Gasteiger partial charge < -0.3 is 23.4 Å². The van der Waals surface area contributed by atoms with Gasteiger partial charge in [0.15, 0.2) is 11.5 Å². The zero-order valence-corrected chi connectivity index (χ0v) is 16.9. The van der Waals surface area contributed by atoms with Crippen LogP contribution in [0.4, 0.5) is 0 Å².